The van der Waals surface area contributed by atoms with E-state index >= 15 is 0 Å². The molecule has 1 saturated heterocycles. The minimum Gasteiger partial charge on any atom is -0.444 e. The maximum Gasteiger partial charge on any atom is 0.425 e. The van der Waals surface area contributed by atoms with E-state index in [0.29, 0.717) is 42.2 Å². The lowest BCUT2D eigenvalue weighted by Crippen LogP contribution is -2.45. The predicted octanol–water partition coefficient (Wildman–Crippen LogP) is 9.24. The molecule has 1 aliphatic rings. The Labute approximate surface area is 356 Å². The normalized spacial score (nSPS) is 16.5. The van der Waals surface area contributed by atoms with Gasteiger partial charge in [-0.2, -0.15) is 4.90 Å². The molecule has 59 heavy (non-hydrogen) atoms. The van der Waals surface area contributed by atoms with Crippen LogP contribution in [0, 0.1) is 0 Å². The molecular formula is C43H55N5O10S. The van der Waals surface area contributed by atoms with Crippen molar-refractivity contribution < 1.29 is 55.9 Å². The Balaban J connectivity index is 1.59. The number of anilines is 1. The lowest BCUT2D eigenvalue weighted by molar-refractivity contribution is -0.00813. The number of sulfone groups is 1. The van der Waals surface area contributed by atoms with Gasteiger partial charge >= 0.3 is 18.3 Å². The van der Waals surface area contributed by atoms with Gasteiger partial charge in [0, 0.05) is 52.6 Å². The summed E-state index contributed by atoms with van der Waals surface area (Å²) in [6, 6.07) is 12.8. The van der Waals surface area contributed by atoms with Crippen LogP contribution in [-0.4, -0.2) is 88.0 Å². The molecule has 318 valence electrons. The third-order valence-corrected chi connectivity index (χ3v) is 9.88. The number of carbonyl (C=O) groups is 3. The molecule has 16 heteroatoms. The number of imide groups is 1. The van der Waals surface area contributed by atoms with Crippen molar-refractivity contribution in [2.75, 3.05) is 18.1 Å². The van der Waals surface area contributed by atoms with Crippen molar-refractivity contribution in [1.82, 2.24) is 20.0 Å². The van der Waals surface area contributed by atoms with Gasteiger partial charge in [0.15, 0.2) is 27.1 Å². The van der Waals surface area contributed by atoms with E-state index in [4.69, 9.17) is 33.1 Å². The molecule has 0 N–H and O–H groups in total. The number of rotatable bonds is 9. The standard InChI is InChI=1S/C43H55N5O10S/c1-27(2)59(52,53)32-18-16-30(17-19-32)34-25-44-37(48(39(50)56-42(6,7)8)40(51)57-43(9,10)11)36(45-34)35-24-33(46-58-35)29-14-12-28(13-15-29)26-47(31-20-22-54-23-21-31)38(49)55-41(3,4)5/h12-19,24-25,27,31H,20-23,26H2,1-11H3/i1D3,2D3,27D. The highest BCUT2D eigenvalue weighted by atomic mass is 32.2. The van der Waals surface area contributed by atoms with Gasteiger partial charge in [0.1, 0.15) is 22.5 Å². The van der Waals surface area contributed by atoms with Crippen molar-refractivity contribution in [1.29, 1.82) is 0 Å². The van der Waals surface area contributed by atoms with Crippen LogP contribution >= 0.6 is 0 Å². The zero-order valence-electron chi connectivity index (χ0n) is 41.6. The summed E-state index contributed by atoms with van der Waals surface area (Å²) in [5.74, 6) is -0.496. The summed E-state index contributed by atoms with van der Waals surface area (Å²) >= 11 is 0. The van der Waals surface area contributed by atoms with Gasteiger partial charge in [0.2, 0.25) is 0 Å². The van der Waals surface area contributed by atoms with Gasteiger partial charge in [0.05, 0.1) is 22.0 Å². The third kappa shape index (κ3) is 11.7. The first-order valence-electron chi connectivity index (χ1n) is 22.3. The lowest BCUT2D eigenvalue weighted by atomic mass is 10.0. The molecule has 15 nitrogen and oxygen atoms in total. The molecule has 3 amide bonds. The highest BCUT2D eigenvalue weighted by molar-refractivity contribution is 7.92. The Kier molecular flexibility index (Phi) is 10.5. The number of ether oxygens (including phenoxy) is 4. The van der Waals surface area contributed by atoms with Crippen LogP contribution < -0.4 is 4.90 Å². The number of amides is 3. The first-order valence-corrected chi connectivity index (χ1v) is 20.3. The fourth-order valence-corrected chi connectivity index (χ4v) is 6.53. The maximum atomic E-state index is 13.8. The van der Waals surface area contributed by atoms with Gasteiger partial charge in [-0.05, 0) is 107 Å². The average Bonchev–Trinajstić information content (AvgIpc) is 3.68. The zero-order valence-corrected chi connectivity index (χ0v) is 35.4. The predicted molar refractivity (Wildman–Crippen MR) is 221 cm³/mol. The quantitative estimate of drug-likeness (QED) is 0.146. The molecular weight excluding hydrogens is 779 g/mol. The highest BCUT2D eigenvalue weighted by Gasteiger charge is 2.37. The minimum atomic E-state index is -5.34. The third-order valence-electron chi connectivity index (χ3n) is 8.45. The van der Waals surface area contributed by atoms with Crippen LogP contribution in [0.15, 0.2) is 70.2 Å². The summed E-state index contributed by atoms with van der Waals surface area (Å²) in [5, 5.41) is 0.342. The summed E-state index contributed by atoms with van der Waals surface area (Å²) in [4.78, 5) is 51.6. The van der Waals surface area contributed by atoms with E-state index in [-0.39, 0.29) is 35.3 Å². The Bertz CT molecular complexity index is 2460. The van der Waals surface area contributed by atoms with Gasteiger partial charge in [-0.25, -0.2) is 32.8 Å². The molecule has 4 aromatic rings. The van der Waals surface area contributed by atoms with Crippen molar-refractivity contribution in [3.8, 4) is 34.0 Å². The fourth-order valence-electron chi connectivity index (χ4n) is 5.80. The minimum absolute atomic E-state index is 0.0103. The van der Waals surface area contributed by atoms with E-state index in [9.17, 15) is 22.8 Å². The van der Waals surface area contributed by atoms with Gasteiger partial charge in [-0.15, -0.1) is 0 Å². The summed E-state index contributed by atoms with van der Waals surface area (Å²) < 4.78 is 110. The SMILES string of the molecule is [2H]C([2H])([2H])C([2H])(C([2H])([2H])[2H])S(=O)(=O)c1ccc(-c2cnc(N(C(=O)OC(C)(C)C)C(=O)OC(C)(C)C)c(-c3cc(-c4ccc(CN(C(=O)OC(C)(C)C)C5CCOCC5)cc4)no3)n2)cc1. The molecule has 2 aromatic carbocycles. The molecule has 0 spiro atoms. The first kappa shape index (κ1) is 35.6. The Morgan fingerprint density at radius 1 is 0.814 bits per heavy atom. The molecule has 1 fully saturated rings. The summed E-state index contributed by atoms with van der Waals surface area (Å²) in [5.41, 5.74) is -1.28. The number of hydrogen-bond donors (Lipinski definition) is 0. The van der Waals surface area contributed by atoms with Crippen molar-refractivity contribution >= 4 is 33.9 Å². The molecule has 3 heterocycles. The number of carbonyl (C=O) groups excluding carboxylic acids is 3. The van der Waals surface area contributed by atoms with Crippen molar-refractivity contribution in [3.05, 3.63) is 66.4 Å². The second-order valence-corrected chi connectivity index (χ2v) is 18.7. The highest BCUT2D eigenvalue weighted by Crippen LogP contribution is 2.35. The number of benzene rings is 2. The van der Waals surface area contributed by atoms with E-state index < -0.39 is 74.6 Å². The van der Waals surface area contributed by atoms with E-state index in [1.54, 1.807) is 79.3 Å². The van der Waals surface area contributed by atoms with Crippen LogP contribution in [0.4, 0.5) is 20.2 Å². The Morgan fingerprint density at radius 3 is 1.88 bits per heavy atom. The molecule has 0 bridgehead atoms. The van der Waals surface area contributed by atoms with Crippen LogP contribution in [0.2, 0.25) is 0 Å². The molecule has 2 aromatic heterocycles. The van der Waals surface area contributed by atoms with E-state index in [1.807, 2.05) is 12.1 Å². The molecule has 0 aliphatic carbocycles. The largest absolute Gasteiger partial charge is 0.444 e. The molecule has 0 radical (unpaired) electrons. The second-order valence-electron chi connectivity index (χ2n) is 16.8. The van der Waals surface area contributed by atoms with Crippen LogP contribution in [0.25, 0.3) is 34.0 Å². The average molecular weight is 841 g/mol. The summed E-state index contributed by atoms with van der Waals surface area (Å²) in [7, 11) is -5.34. The van der Waals surface area contributed by atoms with E-state index in [1.165, 1.54) is 18.2 Å². The Morgan fingerprint density at radius 2 is 1.34 bits per heavy atom. The van der Waals surface area contributed by atoms with Crippen molar-refractivity contribution in [3.63, 3.8) is 0 Å². The monoisotopic (exact) mass is 840 g/mol. The van der Waals surface area contributed by atoms with E-state index in [2.05, 4.69) is 15.1 Å². The smallest absolute Gasteiger partial charge is 0.425 e. The van der Waals surface area contributed by atoms with Crippen molar-refractivity contribution in [2.45, 2.75) is 128 Å². The topological polar surface area (TPSA) is 181 Å². The summed E-state index contributed by atoms with van der Waals surface area (Å²) in [6.45, 7) is 8.74. The van der Waals surface area contributed by atoms with Gasteiger partial charge < -0.3 is 28.4 Å². The van der Waals surface area contributed by atoms with Crippen LogP contribution in [-0.2, 0) is 35.3 Å². The van der Waals surface area contributed by atoms with E-state index in [0.717, 1.165) is 23.9 Å². The molecule has 0 saturated carbocycles. The zero-order chi connectivity index (χ0) is 49.4. The van der Waals surface area contributed by atoms with Crippen LogP contribution in [0.1, 0.15) is 104 Å². The second kappa shape index (κ2) is 17.5. The number of hydrogen-bond acceptors (Lipinski definition) is 13. The van der Waals surface area contributed by atoms with Gasteiger partial charge in [0.25, 0.3) is 0 Å². The molecule has 0 unspecified atom stereocenters. The fraction of sp³-hybridized carbons (Fsp3) is 0.488. The summed E-state index contributed by atoms with van der Waals surface area (Å²) in [6.07, 6.45) is -0.320. The first-order chi connectivity index (χ1) is 30.2. The van der Waals surface area contributed by atoms with Crippen LogP contribution in [0.3, 0.4) is 0 Å². The van der Waals surface area contributed by atoms with Crippen molar-refractivity contribution in [2.24, 2.45) is 0 Å². The molecule has 1 aliphatic heterocycles. The number of aromatic nitrogens is 3. The maximum absolute atomic E-state index is 13.8. The van der Waals surface area contributed by atoms with Crippen LogP contribution in [0.5, 0.6) is 0 Å². The molecule has 5 rings (SSSR count). The van der Waals surface area contributed by atoms with Gasteiger partial charge in [-0.3, -0.25) is 0 Å². The lowest BCUT2D eigenvalue weighted by Gasteiger charge is -2.35. The molecule has 0 atom stereocenters. The Hall–Kier alpha value is -5.35. The van der Waals surface area contributed by atoms with Gasteiger partial charge in [-0.1, -0.05) is 41.6 Å². The number of nitrogens with zero attached hydrogens (tertiary/aromatic N) is 5.